The van der Waals surface area contributed by atoms with E-state index in [0.717, 1.165) is 10.5 Å². The summed E-state index contributed by atoms with van der Waals surface area (Å²) >= 11 is 7.49. The van der Waals surface area contributed by atoms with E-state index in [1.54, 1.807) is 18.0 Å². The quantitative estimate of drug-likeness (QED) is 0.329. The Labute approximate surface area is 171 Å². The second kappa shape index (κ2) is 8.22. The number of H-pyrrole nitrogens is 1. The van der Waals surface area contributed by atoms with Crippen molar-refractivity contribution in [1.82, 2.24) is 20.3 Å². The van der Waals surface area contributed by atoms with Crippen LogP contribution in [0.3, 0.4) is 0 Å². The van der Waals surface area contributed by atoms with Crippen LogP contribution < -0.4 is 23.5 Å². The number of hydrogen-bond donors (Lipinski definition) is 5. The van der Waals surface area contributed by atoms with Gasteiger partial charge in [0.05, 0.1) is 17.7 Å². The van der Waals surface area contributed by atoms with Crippen molar-refractivity contribution in [2.45, 2.75) is 29.2 Å². The monoisotopic (exact) mass is 426 g/mol. The molecule has 0 amide bonds. The van der Waals surface area contributed by atoms with Crippen LogP contribution >= 0.6 is 23.4 Å². The van der Waals surface area contributed by atoms with Crippen LogP contribution in [0.5, 0.6) is 0 Å². The summed E-state index contributed by atoms with van der Waals surface area (Å²) in [5, 5.41) is 25.0. The van der Waals surface area contributed by atoms with Crippen LogP contribution in [-0.2, 0) is 0 Å². The highest BCUT2D eigenvalue weighted by Gasteiger charge is 2.42. The van der Waals surface area contributed by atoms with Crippen molar-refractivity contribution in [3.8, 4) is 0 Å². The van der Waals surface area contributed by atoms with Gasteiger partial charge < -0.3 is 38.7 Å². The van der Waals surface area contributed by atoms with Gasteiger partial charge in [-0.05, 0) is 24.3 Å². The lowest BCUT2D eigenvalue weighted by atomic mass is 10.0. The Hall–Kier alpha value is -1.55. The van der Waals surface area contributed by atoms with Crippen molar-refractivity contribution in [3.05, 3.63) is 47.4 Å². The maximum atomic E-state index is 10.5. The molecular formula is C17H18Cl2N5O2S-. The number of nitrogen functional groups attached to an aromatic ring is 1. The number of aromatic nitrogens is 3. The lowest BCUT2D eigenvalue weighted by Gasteiger charge is -2.15. The first kappa shape index (κ1) is 20.2. The molecule has 2 aromatic heterocycles. The number of nitrogens with one attached hydrogen (secondary N) is 2. The van der Waals surface area contributed by atoms with E-state index in [9.17, 15) is 10.2 Å². The third-order valence-electron chi connectivity index (χ3n) is 4.60. The summed E-state index contributed by atoms with van der Waals surface area (Å²) in [4.78, 5) is 12.3. The molecule has 0 bridgehead atoms. The highest BCUT2D eigenvalue weighted by atomic mass is 35.5. The third kappa shape index (κ3) is 3.87. The molecule has 4 rings (SSSR count). The number of fused-ring (bicyclic) bond motifs is 1. The van der Waals surface area contributed by atoms with Crippen molar-refractivity contribution in [1.29, 1.82) is 0 Å². The number of benzene rings is 1. The molecule has 4 unspecified atom stereocenters. The molecule has 1 fully saturated rings. The molecule has 0 saturated carbocycles. The molecule has 0 spiro atoms. The zero-order valence-electron chi connectivity index (χ0n) is 14.0. The van der Waals surface area contributed by atoms with Gasteiger partial charge in [-0.1, -0.05) is 11.6 Å². The van der Waals surface area contributed by atoms with E-state index >= 15 is 0 Å². The third-order valence-corrected chi connectivity index (χ3v) is 5.98. The molecule has 7 nitrogen and oxygen atoms in total. The Bertz CT molecular complexity index is 923. The lowest BCUT2D eigenvalue weighted by molar-refractivity contribution is -0.00000711. The van der Waals surface area contributed by atoms with E-state index in [1.807, 2.05) is 24.3 Å². The zero-order valence-corrected chi connectivity index (χ0v) is 16.3. The minimum atomic E-state index is -0.944. The number of nitrogens with two attached hydrogens (primary N) is 1. The number of aliphatic hydroxyl groups is 2. The Morgan fingerprint density at radius 1 is 1.15 bits per heavy atom. The van der Waals surface area contributed by atoms with Gasteiger partial charge in [0.25, 0.3) is 0 Å². The maximum absolute atomic E-state index is 10.5. The molecule has 10 heteroatoms. The zero-order chi connectivity index (χ0) is 18.3. The molecule has 1 saturated heterocycles. The van der Waals surface area contributed by atoms with Gasteiger partial charge in [0.15, 0.2) is 5.82 Å². The lowest BCUT2D eigenvalue weighted by Crippen LogP contribution is -3.00. The highest BCUT2D eigenvalue weighted by molar-refractivity contribution is 7.99. The van der Waals surface area contributed by atoms with Crippen molar-refractivity contribution in [2.24, 2.45) is 0 Å². The molecule has 3 aromatic rings. The topological polar surface area (TPSA) is 120 Å². The number of aliphatic hydroxyl groups excluding tert-OH is 2. The minimum absolute atomic E-state index is 0. The molecule has 144 valence electrons. The number of halogens is 2. The predicted octanol–water partition coefficient (Wildman–Crippen LogP) is -1.28. The second-order valence-corrected chi connectivity index (χ2v) is 7.75. The number of hydrogen-bond acceptors (Lipinski definition) is 7. The van der Waals surface area contributed by atoms with Crippen LogP contribution in [0.25, 0.3) is 11.0 Å². The standard InChI is InChI=1S/C17H18ClN5O2S.ClH/c18-8-1-3-9(4-2-8)26-6-11-15(24)16(25)13(23-11)10-5-20-14-12(10)21-7-22-17(14)19;/h1-5,7,11,13,15-16,20,23-25H,6H2,(H2,19,21,22);1H/p-1. The fourth-order valence-electron chi connectivity index (χ4n) is 3.22. The number of anilines is 1. The van der Waals surface area contributed by atoms with Crippen LogP contribution in [0.4, 0.5) is 5.82 Å². The Balaban J connectivity index is 0.00000210. The fraction of sp³-hybridized carbons (Fsp3) is 0.294. The molecule has 1 aliphatic heterocycles. The Morgan fingerprint density at radius 3 is 2.63 bits per heavy atom. The first-order valence-electron chi connectivity index (χ1n) is 8.12. The van der Waals surface area contributed by atoms with Gasteiger partial charge in [0, 0.05) is 33.5 Å². The summed E-state index contributed by atoms with van der Waals surface area (Å²) in [6.45, 7) is 0. The van der Waals surface area contributed by atoms with Crippen LogP contribution in [0.2, 0.25) is 5.02 Å². The van der Waals surface area contributed by atoms with Crippen LogP contribution in [0, 0.1) is 0 Å². The summed E-state index contributed by atoms with van der Waals surface area (Å²) in [7, 11) is 0. The summed E-state index contributed by atoms with van der Waals surface area (Å²) in [5.74, 6) is 0.958. The predicted molar refractivity (Wildman–Crippen MR) is 102 cm³/mol. The largest absolute Gasteiger partial charge is 1.00 e. The van der Waals surface area contributed by atoms with E-state index in [4.69, 9.17) is 17.3 Å². The van der Waals surface area contributed by atoms with Crippen LogP contribution in [0.15, 0.2) is 41.7 Å². The van der Waals surface area contributed by atoms with Gasteiger partial charge in [-0.3, -0.25) is 0 Å². The van der Waals surface area contributed by atoms with Gasteiger partial charge in [-0.15, -0.1) is 11.8 Å². The molecule has 4 atom stereocenters. The average molecular weight is 427 g/mol. The van der Waals surface area contributed by atoms with E-state index < -0.39 is 18.2 Å². The summed E-state index contributed by atoms with van der Waals surface area (Å²) in [6.07, 6.45) is 1.31. The van der Waals surface area contributed by atoms with Crippen molar-refractivity contribution >= 4 is 40.2 Å². The molecular weight excluding hydrogens is 409 g/mol. The molecule has 1 aromatic carbocycles. The first-order chi connectivity index (χ1) is 12.5. The molecule has 27 heavy (non-hydrogen) atoms. The van der Waals surface area contributed by atoms with E-state index in [1.165, 1.54) is 6.33 Å². The molecule has 3 heterocycles. The van der Waals surface area contributed by atoms with Crippen molar-refractivity contribution < 1.29 is 22.6 Å². The number of aromatic amines is 1. The number of thioether (sulfide) groups is 1. The van der Waals surface area contributed by atoms with Gasteiger partial charge in [-0.2, -0.15) is 0 Å². The highest BCUT2D eigenvalue weighted by Crippen LogP contribution is 2.34. The van der Waals surface area contributed by atoms with E-state index in [2.05, 4.69) is 20.3 Å². The van der Waals surface area contributed by atoms with Gasteiger partial charge in [0.2, 0.25) is 0 Å². The molecule has 6 N–H and O–H groups in total. The summed E-state index contributed by atoms with van der Waals surface area (Å²) in [5.41, 5.74) is 7.89. The smallest absolute Gasteiger partial charge is 0.151 e. The van der Waals surface area contributed by atoms with Crippen molar-refractivity contribution in [2.75, 3.05) is 11.5 Å². The molecule has 1 aliphatic rings. The Kier molecular flexibility index (Phi) is 6.15. The number of nitrogens with zero attached hydrogens (tertiary/aromatic N) is 2. The summed E-state index contributed by atoms with van der Waals surface area (Å²) in [6, 6.07) is 6.82. The van der Waals surface area contributed by atoms with Crippen LogP contribution in [-0.4, -0.2) is 49.2 Å². The SMILES string of the molecule is Nc1ncnc2c(C3NC(CSc4ccc(Cl)cc4)C(O)C3O)c[nH]c12.[Cl-]. The fourth-order valence-corrected chi connectivity index (χ4v) is 4.34. The summed E-state index contributed by atoms with van der Waals surface area (Å²) < 4.78 is 0. The van der Waals surface area contributed by atoms with Crippen molar-refractivity contribution in [3.63, 3.8) is 0 Å². The minimum Gasteiger partial charge on any atom is -1.00 e. The van der Waals surface area contributed by atoms with E-state index in [-0.39, 0.29) is 18.4 Å². The van der Waals surface area contributed by atoms with E-state index in [0.29, 0.717) is 27.6 Å². The average Bonchev–Trinajstić information content (AvgIpc) is 3.18. The van der Waals surface area contributed by atoms with Gasteiger partial charge in [0.1, 0.15) is 17.9 Å². The second-order valence-electron chi connectivity index (χ2n) is 6.22. The molecule has 0 radical (unpaired) electrons. The normalized spacial score (nSPS) is 24.9. The maximum Gasteiger partial charge on any atom is 0.151 e. The first-order valence-corrected chi connectivity index (χ1v) is 9.49. The Morgan fingerprint density at radius 2 is 1.89 bits per heavy atom. The van der Waals surface area contributed by atoms with Crippen LogP contribution in [0.1, 0.15) is 11.6 Å². The molecule has 0 aliphatic carbocycles. The van der Waals surface area contributed by atoms with Gasteiger partial charge in [-0.25, -0.2) is 9.97 Å². The van der Waals surface area contributed by atoms with Gasteiger partial charge >= 0.3 is 0 Å². The number of rotatable bonds is 4.